The van der Waals surface area contributed by atoms with Crippen molar-refractivity contribution in [2.24, 2.45) is 0 Å². The van der Waals surface area contributed by atoms with Gasteiger partial charge in [0.2, 0.25) is 0 Å². The number of fused-ring (bicyclic) bond motifs is 1. The second-order valence-electron chi connectivity index (χ2n) is 3.51. The number of hydrogen-bond acceptors (Lipinski definition) is 3. The summed E-state index contributed by atoms with van der Waals surface area (Å²) in [5.41, 5.74) is 2.01. The third-order valence-corrected chi connectivity index (χ3v) is 2.38. The Kier molecular flexibility index (Phi) is 2.04. The number of aromatic amines is 1. The molecule has 16 heavy (non-hydrogen) atoms. The number of rotatable bonds is 2. The van der Waals surface area contributed by atoms with Crippen LogP contribution in [0.5, 0.6) is 0 Å². The van der Waals surface area contributed by atoms with Crippen LogP contribution in [0.1, 0.15) is 0 Å². The minimum Gasteiger partial charge on any atom is -0.340 e. The van der Waals surface area contributed by atoms with E-state index in [0.29, 0.717) is 0 Å². The first kappa shape index (κ1) is 8.91. The van der Waals surface area contributed by atoms with Crippen molar-refractivity contribution in [3.63, 3.8) is 0 Å². The highest BCUT2D eigenvalue weighted by molar-refractivity contribution is 5.82. The highest BCUT2D eigenvalue weighted by atomic mass is 15.1. The number of hydrogen-bond donors (Lipinski definition) is 2. The maximum absolute atomic E-state index is 4.20. The number of nitrogens with one attached hydrogen (secondary N) is 2. The van der Waals surface area contributed by atoms with E-state index in [2.05, 4.69) is 20.5 Å². The van der Waals surface area contributed by atoms with E-state index in [1.54, 1.807) is 12.4 Å². The van der Waals surface area contributed by atoms with Gasteiger partial charge in [0.05, 0.1) is 11.7 Å². The highest BCUT2D eigenvalue weighted by Crippen LogP contribution is 2.19. The molecule has 0 amide bonds. The van der Waals surface area contributed by atoms with Crippen molar-refractivity contribution in [1.82, 2.24) is 15.2 Å². The summed E-state index contributed by atoms with van der Waals surface area (Å²) in [6, 6.07) is 11.8. The summed E-state index contributed by atoms with van der Waals surface area (Å²) in [7, 11) is 0. The summed E-state index contributed by atoms with van der Waals surface area (Å²) in [5, 5.41) is 11.2. The minimum atomic E-state index is 0.835. The van der Waals surface area contributed by atoms with E-state index in [0.717, 1.165) is 22.4 Å². The molecule has 0 fully saturated rings. The number of benzene rings is 1. The lowest BCUT2D eigenvalue weighted by Gasteiger charge is -2.04. The minimum absolute atomic E-state index is 0.835. The Morgan fingerprint density at radius 2 is 2.12 bits per heavy atom. The molecule has 2 aromatic heterocycles. The fraction of sp³-hybridized carbons (Fsp3) is 0. The normalized spacial score (nSPS) is 10.5. The van der Waals surface area contributed by atoms with Gasteiger partial charge in [-0.25, -0.2) is 4.98 Å². The van der Waals surface area contributed by atoms with Gasteiger partial charge in [-0.15, -0.1) is 0 Å². The first-order valence-corrected chi connectivity index (χ1v) is 5.03. The first-order chi connectivity index (χ1) is 7.92. The van der Waals surface area contributed by atoms with Crippen molar-refractivity contribution < 1.29 is 0 Å². The molecule has 2 heterocycles. The molecule has 0 unspecified atom stereocenters. The lowest BCUT2D eigenvalue weighted by atomic mass is 10.2. The SMILES string of the molecule is c1ccc(Nc2ccc3cn[nH]c3c2)nc1. The van der Waals surface area contributed by atoms with Crippen LogP contribution >= 0.6 is 0 Å². The highest BCUT2D eigenvalue weighted by Gasteiger charge is 1.98. The van der Waals surface area contributed by atoms with Gasteiger partial charge in [0.1, 0.15) is 5.82 Å². The lowest BCUT2D eigenvalue weighted by Crippen LogP contribution is -1.91. The molecule has 0 radical (unpaired) electrons. The van der Waals surface area contributed by atoms with Crippen LogP contribution in [-0.4, -0.2) is 15.2 Å². The van der Waals surface area contributed by atoms with Crippen LogP contribution in [0.3, 0.4) is 0 Å². The first-order valence-electron chi connectivity index (χ1n) is 5.03. The molecular weight excluding hydrogens is 200 g/mol. The molecule has 0 saturated carbocycles. The fourth-order valence-electron chi connectivity index (χ4n) is 1.60. The number of anilines is 2. The van der Waals surface area contributed by atoms with Gasteiger partial charge in [-0.2, -0.15) is 5.10 Å². The molecule has 2 N–H and O–H groups in total. The van der Waals surface area contributed by atoms with E-state index in [4.69, 9.17) is 0 Å². The van der Waals surface area contributed by atoms with Crippen molar-refractivity contribution in [3.8, 4) is 0 Å². The molecule has 0 aliphatic heterocycles. The molecule has 0 bridgehead atoms. The number of aromatic nitrogens is 3. The smallest absolute Gasteiger partial charge is 0.130 e. The molecule has 3 rings (SSSR count). The zero-order valence-corrected chi connectivity index (χ0v) is 8.51. The second-order valence-corrected chi connectivity index (χ2v) is 3.51. The lowest BCUT2D eigenvalue weighted by molar-refractivity contribution is 1.12. The van der Waals surface area contributed by atoms with Gasteiger partial charge in [-0.3, -0.25) is 5.10 Å². The summed E-state index contributed by atoms with van der Waals surface area (Å²) in [5.74, 6) is 0.835. The van der Waals surface area contributed by atoms with Gasteiger partial charge in [0.15, 0.2) is 0 Å². The molecule has 0 aliphatic rings. The summed E-state index contributed by atoms with van der Waals surface area (Å²) in [4.78, 5) is 4.20. The number of H-pyrrole nitrogens is 1. The van der Waals surface area contributed by atoms with Gasteiger partial charge in [-0.05, 0) is 30.3 Å². The van der Waals surface area contributed by atoms with Gasteiger partial charge < -0.3 is 5.32 Å². The van der Waals surface area contributed by atoms with Crippen LogP contribution in [0.4, 0.5) is 11.5 Å². The Labute approximate surface area is 92.3 Å². The molecule has 0 atom stereocenters. The molecule has 78 valence electrons. The van der Waals surface area contributed by atoms with E-state index in [1.807, 2.05) is 36.4 Å². The molecule has 1 aromatic carbocycles. The molecule has 0 spiro atoms. The quantitative estimate of drug-likeness (QED) is 0.683. The van der Waals surface area contributed by atoms with Crippen molar-refractivity contribution in [3.05, 3.63) is 48.8 Å². The fourth-order valence-corrected chi connectivity index (χ4v) is 1.60. The average molecular weight is 210 g/mol. The standard InChI is InChI=1S/C12H10N4/c1-2-6-13-12(3-1)15-10-5-4-9-8-14-16-11(9)7-10/h1-8H,(H,13,15)(H,14,16). The van der Waals surface area contributed by atoms with E-state index >= 15 is 0 Å². The van der Waals surface area contributed by atoms with E-state index in [1.165, 1.54) is 0 Å². The van der Waals surface area contributed by atoms with Gasteiger partial charge in [-0.1, -0.05) is 6.07 Å². The Morgan fingerprint density at radius 3 is 3.00 bits per heavy atom. The molecule has 0 aliphatic carbocycles. The summed E-state index contributed by atoms with van der Waals surface area (Å²) in [6.07, 6.45) is 3.57. The molecule has 4 heteroatoms. The van der Waals surface area contributed by atoms with E-state index in [-0.39, 0.29) is 0 Å². The van der Waals surface area contributed by atoms with E-state index in [9.17, 15) is 0 Å². The number of pyridine rings is 1. The van der Waals surface area contributed by atoms with Crippen LogP contribution in [0.25, 0.3) is 10.9 Å². The summed E-state index contributed by atoms with van der Waals surface area (Å²) < 4.78 is 0. The average Bonchev–Trinajstić information content (AvgIpc) is 2.77. The van der Waals surface area contributed by atoms with Gasteiger partial charge in [0, 0.05) is 17.3 Å². The van der Waals surface area contributed by atoms with Crippen molar-refractivity contribution >= 4 is 22.4 Å². The van der Waals surface area contributed by atoms with Crippen molar-refractivity contribution in [2.45, 2.75) is 0 Å². The monoisotopic (exact) mass is 210 g/mol. The van der Waals surface area contributed by atoms with Gasteiger partial charge in [0.25, 0.3) is 0 Å². The van der Waals surface area contributed by atoms with Crippen molar-refractivity contribution in [2.75, 3.05) is 5.32 Å². The predicted octanol–water partition coefficient (Wildman–Crippen LogP) is 2.70. The van der Waals surface area contributed by atoms with Crippen LogP contribution in [-0.2, 0) is 0 Å². The van der Waals surface area contributed by atoms with Crippen LogP contribution in [0.15, 0.2) is 48.8 Å². The summed E-state index contributed by atoms with van der Waals surface area (Å²) in [6.45, 7) is 0. The topological polar surface area (TPSA) is 53.6 Å². The molecular formula is C12H10N4. The molecule has 0 saturated heterocycles. The Hall–Kier alpha value is -2.36. The summed E-state index contributed by atoms with van der Waals surface area (Å²) >= 11 is 0. The maximum atomic E-state index is 4.20. The molecule has 4 nitrogen and oxygen atoms in total. The maximum Gasteiger partial charge on any atom is 0.130 e. The largest absolute Gasteiger partial charge is 0.340 e. The molecule has 3 aromatic rings. The zero-order valence-electron chi connectivity index (χ0n) is 8.51. The van der Waals surface area contributed by atoms with E-state index < -0.39 is 0 Å². The Morgan fingerprint density at radius 1 is 1.12 bits per heavy atom. The van der Waals surface area contributed by atoms with Crippen LogP contribution in [0, 0.1) is 0 Å². The van der Waals surface area contributed by atoms with Crippen LogP contribution < -0.4 is 5.32 Å². The third-order valence-electron chi connectivity index (χ3n) is 2.38. The Balaban J connectivity index is 1.94. The van der Waals surface area contributed by atoms with Crippen molar-refractivity contribution in [1.29, 1.82) is 0 Å². The zero-order chi connectivity index (χ0) is 10.8. The van der Waals surface area contributed by atoms with Gasteiger partial charge >= 0.3 is 0 Å². The third kappa shape index (κ3) is 1.61. The Bertz CT molecular complexity index is 600. The van der Waals surface area contributed by atoms with Crippen LogP contribution in [0.2, 0.25) is 0 Å². The predicted molar refractivity (Wildman–Crippen MR) is 63.6 cm³/mol. The second kappa shape index (κ2) is 3.66. The number of nitrogens with zero attached hydrogens (tertiary/aromatic N) is 2.